The molecule has 5 nitrogen and oxygen atoms in total. The van der Waals surface area contributed by atoms with E-state index in [4.69, 9.17) is 5.73 Å². The number of benzene rings is 1. The minimum absolute atomic E-state index is 0.520. The van der Waals surface area contributed by atoms with E-state index in [1.807, 2.05) is 18.2 Å². The quantitative estimate of drug-likeness (QED) is 0.547. The fourth-order valence-corrected chi connectivity index (χ4v) is 4.61. The second-order valence-electron chi connectivity index (χ2n) is 5.25. The lowest BCUT2D eigenvalue weighted by Gasteiger charge is -2.00. The van der Waals surface area contributed by atoms with Crippen molar-refractivity contribution >= 4 is 50.2 Å². The van der Waals surface area contributed by atoms with Crippen LogP contribution in [0.2, 0.25) is 0 Å². The summed E-state index contributed by atoms with van der Waals surface area (Å²) in [6.07, 6.45) is 0.919. The van der Waals surface area contributed by atoms with Gasteiger partial charge in [0.15, 0.2) is 9.50 Å². The highest BCUT2D eigenvalue weighted by Crippen LogP contribution is 2.34. The van der Waals surface area contributed by atoms with Gasteiger partial charge in [-0.2, -0.15) is 0 Å². The van der Waals surface area contributed by atoms with Crippen molar-refractivity contribution < 1.29 is 0 Å². The maximum Gasteiger partial charge on any atom is 0.198 e. The van der Waals surface area contributed by atoms with Crippen LogP contribution in [0.25, 0.3) is 21.3 Å². The van der Waals surface area contributed by atoms with Crippen LogP contribution in [0.4, 0.5) is 5.82 Å². The second-order valence-corrected chi connectivity index (χ2v) is 7.49. The van der Waals surface area contributed by atoms with Gasteiger partial charge in [0.05, 0.1) is 15.6 Å². The van der Waals surface area contributed by atoms with Crippen molar-refractivity contribution in [1.29, 1.82) is 0 Å². The first kappa shape index (κ1) is 14.5. The molecule has 0 spiro atoms. The number of nitrogen functional groups attached to an aromatic ring is 1. The monoisotopic (exact) mass is 341 g/mol. The number of thiazole rings is 1. The van der Waals surface area contributed by atoms with Gasteiger partial charge in [-0.25, -0.2) is 15.0 Å². The largest absolute Gasteiger partial charge is 0.383 e. The van der Waals surface area contributed by atoms with Crippen molar-refractivity contribution in [3.8, 4) is 0 Å². The zero-order valence-corrected chi connectivity index (χ0v) is 14.4. The number of nitrogens with two attached hydrogens (primary N) is 1. The number of para-hydroxylation sites is 1. The number of fused-ring (bicyclic) bond motifs is 2. The molecule has 0 amide bonds. The van der Waals surface area contributed by atoms with Gasteiger partial charge in [0.1, 0.15) is 11.5 Å². The number of hydrogen-bond acceptors (Lipinski definition) is 6. The minimum Gasteiger partial charge on any atom is -0.383 e. The van der Waals surface area contributed by atoms with E-state index >= 15 is 0 Å². The highest BCUT2D eigenvalue weighted by Gasteiger charge is 2.15. The number of rotatable bonds is 3. The van der Waals surface area contributed by atoms with Crippen molar-refractivity contribution in [3.05, 3.63) is 35.5 Å². The summed E-state index contributed by atoms with van der Waals surface area (Å²) in [5, 5.41) is 1.55. The molecule has 0 aliphatic carbocycles. The van der Waals surface area contributed by atoms with Crippen LogP contribution in [-0.2, 0) is 6.42 Å². The Hall–Kier alpha value is -2.12. The Morgan fingerprint density at radius 2 is 2.04 bits per heavy atom. The zero-order valence-electron chi connectivity index (χ0n) is 12.8. The fraction of sp³-hybridized carbons (Fsp3) is 0.188. The van der Waals surface area contributed by atoms with Crippen molar-refractivity contribution in [1.82, 2.24) is 19.9 Å². The van der Waals surface area contributed by atoms with Crippen LogP contribution < -0.4 is 5.73 Å². The first-order valence-corrected chi connectivity index (χ1v) is 8.97. The number of anilines is 1. The molecule has 0 aliphatic heterocycles. The fourth-order valence-electron chi connectivity index (χ4n) is 2.68. The Morgan fingerprint density at radius 1 is 1.22 bits per heavy atom. The first-order chi connectivity index (χ1) is 11.2. The molecule has 1 aromatic carbocycles. The Labute approximate surface area is 141 Å². The summed E-state index contributed by atoms with van der Waals surface area (Å²) in [5.41, 5.74) is 10.2. The van der Waals surface area contributed by atoms with Crippen molar-refractivity contribution in [2.45, 2.75) is 29.8 Å². The summed E-state index contributed by atoms with van der Waals surface area (Å²) in [4.78, 5) is 17.0. The van der Waals surface area contributed by atoms with Crippen LogP contribution in [0.5, 0.6) is 0 Å². The van der Waals surface area contributed by atoms with E-state index in [0.717, 1.165) is 43.3 Å². The topological polar surface area (TPSA) is 80.5 Å². The summed E-state index contributed by atoms with van der Waals surface area (Å²) in [6, 6.07) is 8.09. The third-order valence-electron chi connectivity index (χ3n) is 3.82. The Balaban J connectivity index is 1.76. The summed E-state index contributed by atoms with van der Waals surface area (Å²) < 4.78 is 2.08. The molecule has 3 heterocycles. The van der Waals surface area contributed by atoms with Gasteiger partial charge in [0, 0.05) is 5.69 Å². The zero-order chi connectivity index (χ0) is 16.0. The molecular weight excluding hydrogens is 326 g/mol. The molecule has 0 atom stereocenters. The molecule has 0 unspecified atom stereocenters. The van der Waals surface area contributed by atoms with E-state index in [1.165, 1.54) is 11.8 Å². The molecule has 0 radical (unpaired) electrons. The predicted octanol–water partition coefficient (Wildman–Crippen LogP) is 4.17. The van der Waals surface area contributed by atoms with E-state index < -0.39 is 0 Å². The molecule has 0 bridgehead atoms. The molecule has 0 fully saturated rings. The highest BCUT2D eigenvalue weighted by atomic mass is 32.2. The molecule has 0 aliphatic rings. The van der Waals surface area contributed by atoms with Gasteiger partial charge in [-0.05, 0) is 42.8 Å². The molecule has 3 N–H and O–H groups in total. The molecule has 7 heteroatoms. The molecule has 0 saturated heterocycles. The van der Waals surface area contributed by atoms with Gasteiger partial charge in [0.25, 0.3) is 0 Å². The second kappa shape index (κ2) is 5.50. The highest BCUT2D eigenvalue weighted by molar-refractivity contribution is 8.01. The summed E-state index contributed by atoms with van der Waals surface area (Å²) >= 11 is 3.09. The Kier molecular flexibility index (Phi) is 3.46. The van der Waals surface area contributed by atoms with Crippen molar-refractivity contribution in [3.63, 3.8) is 0 Å². The molecule has 3 aromatic heterocycles. The number of H-pyrrole nitrogens is 1. The summed E-state index contributed by atoms with van der Waals surface area (Å²) in [5.74, 6) is 0.520. The van der Waals surface area contributed by atoms with Crippen LogP contribution in [0.1, 0.15) is 18.2 Å². The number of aromatic amines is 1. The van der Waals surface area contributed by atoms with Gasteiger partial charge in [-0.15, -0.1) is 11.3 Å². The normalized spacial score (nSPS) is 11.6. The van der Waals surface area contributed by atoms with Gasteiger partial charge < -0.3 is 10.7 Å². The van der Waals surface area contributed by atoms with Crippen LogP contribution in [0, 0.1) is 6.92 Å². The van der Waals surface area contributed by atoms with Gasteiger partial charge in [0.2, 0.25) is 0 Å². The Bertz CT molecular complexity index is 985. The standard InChI is InChI=1S/C16H15N5S2/c1-3-9-8(2)12-13(17)20-15(21-14(12)18-9)23-16-19-10-6-4-5-7-11(10)22-16/h4-7H,3H2,1-2H3,(H3,17,18,20,21). The number of aromatic nitrogens is 4. The van der Waals surface area contributed by atoms with E-state index in [-0.39, 0.29) is 0 Å². The van der Waals surface area contributed by atoms with Gasteiger partial charge in [-0.1, -0.05) is 19.1 Å². The number of nitrogens with one attached hydrogen (secondary N) is 1. The average molecular weight is 341 g/mol. The summed E-state index contributed by atoms with van der Waals surface area (Å²) in [7, 11) is 0. The number of aryl methyl sites for hydroxylation is 2. The molecule has 0 saturated carbocycles. The lowest BCUT2D eigenvalue weighted by Crippen LogP contribution is -1.96. The SMILES string of the molecule is CCc1[nH]c2nc(Sc3nc4ccccc4s3)nc(N)c2c1C. The third-order valence-corrected chi connectivity index (χ3v) is 5.78. The predicted molar refractivity (Wildman–Crippen MR) is 96.2 cm³/mol. The van der Waals surface area contributed by atoms with Crippen LogP contribution in [0.15, 0.2) is 33.8 Å². The smallest absolute Gasteiger partial charge is 0.198 e. The lowest BCUT2D eigenvalue weighted by atomic mass is 10.2. The van der Waals surface area contributed by atoms with Crippen LogP contribution >= 0.6 is 23.1 Å². The number of nitrogens with zero attached hydrogens (tertiary/aromatic N) is 3. The van der Waals surface area contributed by atoms with E-state index in [2.05, 4.69) is 39.8 Å². The first-order valence-electron chi connectivity index (χ1n) is 7.33. The molecule has 23 heavy (non-hydrogen) atoms. The Morgan fingerprint density at radius 3 is 2.83 bits per heavy atom. The maximum atomic E-state index is 6.15. The van der Waals surface area contributed by atoms with E-state index in [9.17, 15) is 0 Å². The van der Waals surface area contributed by atoms with Gasteiger partial charge >= 0.3 is 0 Å². The van der Waals surface area contributed by atoms with E-state index in [0.29, 0.717) is 11.0 Å². The maximum absolute atomic E-state index is 6.15. The third kappa shape index (κ3) is 2.46. The summed E-state index contributed by atoms with van der Waals surface area (Å²) in [6.45, 7) is 4.16. The molecular formula is C16H15N5S2. The molecule has 4 aromatic rings. The molecule has 4 rings (SSSR count). The van der Waals surface area contributed by atoms with Gasteiger partial charge in [-0.3, -0.25) is 0 Å². The number of hydrogen-bond donors (Lipinski definition) is 2. The minimum atomic E-state index is 0.520. The molecule has 116 valence electrons. The van der Waals surface area contributed by atoms with E-state index in [1.54, 1.807) is 11.3 Å². The van der Waals surface area contributed by atoms with Crippen LogP contribution in [-0.4, -0.2) is 19.9 Å². The van der Waals surface area contributed by atoms with Crippen molar-refractivity contribution in [2.75, 3.05) is 5.73 Å². The average Bonchev–Trinajstić information content (AvgIpc) is 3.07. The van der Waals surface area contributed by atoms with Crippen molar-refractivity contribution in [2.24, 2.45) is 0 Å². The lowest BCUT2D eigenvalue weighted by molar-refractivity contribution is 0.990. The van der Waals surface area contributed by atoms with Crippen LogP contribution in [0.3, 0.4) is 0 Å².